The molecule has 0 aliphatic rings. The summed E-state index contributed by atoms with van der Waals surface area (Å²) in [5, 5.41) is 38.5. The molecule has 0 aliphatic heterocycles. The van der Waals surface area contributed by atoms with Crippen LogP contribution < -0.4 is 9.47 Å². The molecule has 2 heterocycles. The van der Waals surface area contributed by atoms with Crippen LogP contribution in [0.5, 0.6) is 23.0 Å². The summed E-state index contributed by atoms with van der Waals surface area (Å²) >= 11 is 0. The number of benzene rings is 4. The van der Waals surface area contributed by atoms with Gasteiger partial charge in [-0.1, -0.05) is 24.3 Å². The van der Waals surface area contributed by atoms with Crippen molar-refractivity contribution in [2.75, 3.05) is 13.2 Å². The van der Waals surface area contributed by atoms with Crippen LogP contribution in [0.25, 0.3) is 33.4 Å². The van der Waals surface area contributed by atoms with Crippen LogP contribution in [0.2, 0.25) is 0 Å². The Morgan fingerprint density at radius 1 is 0.526 bits per heavy atom. The Kier molecular flexibility index (Phi) is 6.19. The van der Waals surface area contributed by atoms with E-state index in [1.807, 2.05) is 48.5 Å². The molecule has 0 fully saturated rings. The van der Waals surface area contributed by atoms with Crippen molar-refractivity contribution in [2.24, 2.45) is 0 Å². The maximum Gasteiger partial charge on any atom is 0.146 e. The van der Waals surface area contributed by atoms with Gasteiger partial charge in [-0.25, -0.2) is 0 Å². The highest BCUT2D eigenvalue weighted by Gasteiger charge is 2.11. The van der Waals surface area contributed by atoms with Gasteiger partial charge in [-0.3, -0.25) is 0 Å². The fourth-order valence-corrected chi connectivity index (χ4v) is 4.04. The molecule has 0 amide bonds. The number of phenols is 2. The Hall–Kier alpha value is -5.12. The molecule has 6 aromatic rings. The highest BCUT2D eigenvalue weighted by molar-refractivity contribution is 5.74. The molecule has 190 valence electrons. The van der Waals surface area contributed by atoms with E-state index in [-0.39, 0.29) is 11.5 Å². The Labute approximate surface area is 217 Å². The summed E-state index contributed by atoms with van der Waals surface area (Å²) in [6.45, 7) is 0.934. The Balaban J connectivity index is 0.981. The van der Waals surface area contributed by atoms with E-state index in [4.69, 9.17) is 9.47 Å². The molecule has 38 heavy (non-hydrogen) atoms. The second-order valence-electron chi connectivity index (χ2n) is 8.66. The quantitative estimate of drug-likeness (QED) is 0.267. The lowest BCUT2D eigenvalue weighted by Gasteiger charge is -2.10. The van der Waals surface area contributed by atoms with E-state index in [1.165, 1.54) is 9.59 Å². The average Bonchev–Trinajstić information content (AvgIpc) is 3.55. The summed E-state index contributed by atoms with van der Waals surface area (Å²) in [6, 6.07) is 25.2. The van der Waals surface area contributed by atoms with E-state index < -0.39 is 0 Å². The smallest absolute Gasteiger partial charge is 0.146 e. The molecule has 10 nitrogen and oxygen atoms in total. The van der Waals surface area contributed by atoms with Gasteiger partial charge in [0.2, 0.25) is 0 Å². The highest BCUT2D eigenvalue weighted by atomic mass is 16.5. The van der Waals surface area contributed by atoms with E-state index in [9.17, 15) is 10.2 Å². The fourth-order valence-electron chi connectivity index (χ4n) is 4.04. The van der Waals surface area contributed by atoms with Crippen molar-refractivity contribution in [3.63, 3.8) is 0 Å². The Morgan fingerprint density at radius 2 is 0.895 bits per heavy atom. The number of hydrogen-bond acceptors (Lipinski definition) is 8. The van der Waals surface area contributed by atoms with Gasteiger partial charge in [-0.2, -0.15) is 0 Å². The predicted molar refractivity (Wildman–Crippen MR) is 141 cm³/mol. The van der Waals surface area contributed by atoms with Crippen molar-refractivity contribution in [3.8, 4) is 34.4 Å². The summed E-state index contributed by atoms with van der Waals surface area (Å²) in [7, 11) is 0. The number of phenolic OH excluding ortho intramolecular Hbond substituents is 2. The molecule has 0 saturated carbocycles. The van der Waals surface area contributed by atoms with Crippen molar-refractivity contribution in [1.82, 2.24) is 30.0 Å². The Morgan fingerprint density at radius 3 is 1.24 bits per heavy atom. The van der Waals surface area contributed by atoms with Gasteiger partial charge in [-0.05, 0) is 61.4 Å². The molecular weight excluding hydrogens is 484 g/mol. The van der Waals surface area contributed by atoms with Crippen molar-refractivity contribution in [3.05, 3.63) is 84.9 Å². The highest BCUT2D eigenvalue weighted by Crippen LogP contribution is 2.28. The zero-order valence-corrected chi connectivity index (χ0v) is 20.3. The summed E-state index contributed by atoms with van der Waals surface area (Å²) in [4.78, 5) is 2.83. The number of nitrogens with zero attached hydrogens (tertiary/aromatic N) is 6. The van der Waals surface area contributed by atoms with Crippen molar-refractivity contribution < 1.29 is 19.7 Å². The molecule has 6 rings (SSSR count). The first-order valence-electron chi connectivity index (χ1n) is 12.2. The zero-order chi connectivity index (χ0) is 25.9. The lowest BCUT2D eigenvalue weighted by Crippen LogP contribution is -2.04. The first kappa shape index (κ1) is 23.3. The van der Waals surface area contributed by atoms with E-state index >= 15 is 0 Å². The number of unbranched alkanes of at least 4 members (excludes halogenated alkanes) is 1. The van der Waals surface area contributed by atoms with Gasteiger partial charge < -0.3 is 19.7 Å². The normalized spacial score (nSPS) is 11.3. The maximum atomic E-state index is 10.5. The molecule has 0 spiro atoms. The van der Waals surface area contributed by atoms with Gasteiger partial charge in [0.15, 0.2) is 0 Å². The standard InChI is InChI=1S/C28H24N6O4/c35-27-17-19(11-13-25(27)33-29-21-7-1-2-8-22(21)30-33)37-15-5-6-16-38-20-12-14-26(28(36)18-20)34-31-23-9-3-4-10-24(23)32-34/h1-4,7-14,17-18,35-36H,5-6,15-16H2. The van der Waals surface area contributed by atoms with Crippen LogP contribution in [-0.4, -0.2) is 53.4 Å². The first-order valence-corrected chi connectivity index (χ1v) is 12.2. The number of rotatable bonds is 9. The van der Waals surface area contributed by atoms with Gasteiger partial charge >= 0.3 is 0 Å². The lowest BCUT2D eigenvalue weighted by molar-refractivity contribution is 0.265. The van der Waals surface area contributed by atoms with E-state index in [1.54, 1.807) is 36.4 Å². The van der Waals surface area contributed by atoms with Crippen LogP contribution >= 0.6 is 0 Å². The second-order valence-corrected chi connectivity index (χ2v) is 8.66. The summed E-state index contributed by atoms with van der Waals surface area (Å²) < 4.78 is 11.6. The molecule has 0 atom stereocenters. The minimum Gasteiger partial charge on any atom is -0.505 e. The van der Waals surface area contributed by atoms with Gasteiger partial charge in [0.1, 0.15) is 56.4 Å². The third kappa shape index (κ3) is 4.79. The summed E-state index contributed by atoms with van der Waals surface area (Å²) in [5.74, 6) is 1.19. The van der Waals surface area contributed by atoms with Crippen LogP contribution in [0.4, 0.5) is 0 Å². The lowest BCUT2D eigenvalue weighted by atomic mass is 10.2. The second kappa shape index (κ2) is 10.1. The molecule has 0 unspecified atom stereocenters. The molecule has 4 aromatic carbocycles. The van der Waals surface area contributed by atoms with Crippen molar-refractivity contribution in [1.29, 1.82) is 0 Å². The maximum absolute atomic E-state index is 10.5. The third-order valence-electron chi connectivity index (χ3n) is 5.97. The average molecular weight is 509 g/mol. The van der Waals surface area contributed by atoms with Crippen LogP contribution in [0.1, 0.15) is 12.8 Å². The van der Waals surface area contributed by atoms with Crippen LogP contribution in [0, 0.1) is 0 Å². The minimum atomic E-state index is 0.0350. The van der Waals surface area contributed by atoms with Crippen molar-refractivity contribution in [2.45, 2.75) is 12.8 Å². The first-order chi connectivity index (χ1) is 18.6. The van der Waals surface area contributed by atoms with Gasteiger partial charge in [-0.15, -0.1) is 30.0 Å². The number of fused-ring (bicyclic) bond motifs is 2. The minimum absolute atomic E-state index is 0.0350. The molecule has 2 aromatic heterocycles. The fraction of sp³-hybridized carbons (Fsp3) is 0.143. The van der Waals surface area contributed by atoms with Gasteiger partial charge in [0.25, 0.3) is 0 Å². The zero-order valence-electron chi connectivity index (χ0n) is 20.3. The Bertz CT molecular complexity index is 1530. The third-order valence-corrected chi connectivity index (χ3v) is 5.97. The molecule has 2 N–H and O–H groups in total. The number of aromatic hydroxyl groups is 2. The van der Waals surface area contributed by atoms with E-state index in [2.05, 4.69) is 20.4 Å². The van der Waals surface area contributed by atoms with E-state index in [0.29, 0.717) is 36.1 Å². The molecule has 10 heteroatoms. The summed E-state index contributed by atoms with van der Waals surface area (Å²) in [6.07, 6.45) is 1.50. The SMILES string of the molecule is Oc1cc(OCCCCOc2ccc(-n3nc4ccccc4n3)c(O)c2)ccc1-n1nc2ccccc2n1. The van der Waals surface area contributed by atoms with Crippen LogP contribution in [0.3, 0.4) is 0 Å². The van der Waals surface area contributed by atoms with Gasteiger partial charge in [0, 0.05) is 12.1 Å². The topological polar surface area (TPSA) is 120 Å². The van der Waals surface area contributed by atoms with E-state index in [0.717, 1.165) is 34.9 Å². The predicted octanol–water partition coefficient (Wildman–Crippen LogP) is 4.80. The largest absolute Gasteiger partial charge is 0.505 e. The molecule has 0 saturated heterocycles. The summed E-state index contributed by atoms with van der Waals surface area (Å²) in [5.41, 5.74) is 3.97. The number of aromatic nitrogens is 6. The van der Waals surface area contributed by atoms with Crippen LogP contribution in [-0.2, 0) is 0 Å². The molecule has 0 bridgehead atoms. The van der Waals surface area contributed by atoms with Gasteiger partial charge in [0.05, 0.1) is 13.2 Å². The molecular formula is C28H24N6O4. The van der Waals surface area contributed by atoms with Crippen molar-refractivity contribution >= 4 is 22.1 Å². The molecule has 0 aliphatic carbocycles. The number of hydrogen-bond donors (Lipinski definition) is 2. The molecule has 0 radical (unpaired) electrons. The monoisotopic (exact) mass is 508 g/mol. The number of ether oxygens (including phenoxy) is 2. The van der Waals surface area contributed by atoms with Crippen LogP contribution in [0.15, 0.2) is 84.9 Å².